The van der Waals surface area contributed by atoms with Gasteiger partial charge in [0.1, 0.15) is 5.75 Å². The molecule has 2 aromatic heterocycles. The second-order valence-corrected chi connectivity index (χ2v) is 4.70. The van der Waals surface area contributed by atoms with Crippen LogP contribution >= 0.6 is 0 Å². The maximum absolute atomic E-state index is 5.71. The lowest BCUT2D eigenvalue weighted by Gasteiger charge is -2.18. The average Bonchev–Trinajstić information content (AvgIpc) is 2.43. The molecule has 0 aliphatic rings. The standard InChI is InChI=1S/C15H20N4O/c1-4-20-13-6-12(8-17-9-13)15(19-16)14-11(3)5-10(2)7-18-14/h5-9,15,19H,4,16H2,1-3H3. The van der Waals surface area contributed by atoms with E-state index in [9.17, 15) is 0 Å². The van der Waals surface area contributed by atoms with Crippen LogP contribution in [0.5, 0.6) is 5.75 Å². The summed E-state index contributed by atoms with van der Waals surface area (Å²) in [6, 6.07) is 3.82. The first-order valence-electron chi connectivity index (χ1n) is 6.62. The van der Waals surface area contributed by atoms with Crippen LogP contribution in [0.1, 0.15) is 35.3 Å². The minimum Gasteiger partial charge on any atom is -0.492 e. The molecular weight excluding hydrogens is 252 g/mol. The summed E-state index contributed by atoms with van der Waals surface area (Å²) in [5.41, 5.74) is 6.85. The van der Waals surface area contributed by atoms with Gasteiger partial charge in [0.05, 0.1) is 24.5 Å². The van der Waals surface area contributed by atoms with Gasteiger partial charge in [-0.05, 0) is 43.5 Å². The first kappa shape index (κ1) is 14.4. The highest BCUT2D eigenvalue weighted by molar-refractivity contribution is 5.35. The summed E-state index contributed by atoms with van der Waals surface area (Å²) in [4.78, 5) is 8.69. The molecule has 5 nitrogen and oxygen atoms in total. The van der Waals surface area contributed by atoms with Crippen molar-refractivity contribution in [2.45, 2.75) is 26.8 Å². The molecule has 0 aliphatic carbocycles. The smallest absolute Gasteiger partial charge is 0.137 e. The third-order valence-corrected chi connectivity index (χ3v) is 3.07. The van der Waals surface area contributed by atoms with Crippen molar-refractivity contribution in [1.82, 2.24) is 15.4 Å². The Bertz CT molecular complexity index is 586. The van der Waals surface area contributed by atoms with E-state index in [4.69, 9.17) is 10.6 Å². The Kier molecular flexibility index (Phi) is 4.65. The Morgan fingerprint density at radius 2 is 2.05 bits per heavy atom. The van der Waals surface area contributed by atoms with Gasteiger partial charge in [0, 0.05) is 12.4 Å². The maximum Gasteiger partial charge on any atom is 0.137 e. The first-order chi connectivity index (χ1) is 9.65. The monoisotopic (exact) mass is 272 g/mol. The van der Waals surface area contributed by atoms with Crippen LogP contribution in [-0.4, -0.2) is 16.6 Å². The van der Waals surface area contributed by atoms with Gasteiger partial charge in [0.15, 0.2) is 0 Å². The number of hydrogen-bond donors (Lipinski definition) is 2. The van der Waals surface area contributed by atoms with Crippen molar-refractivity contribution < 1.29 is 4.74 Å². The van der Waals surface area contributed by atoms with Gasteiger partial charge in [-0.1, -0.05) is 6.07 Å². The van der Waals surface area contributed by atoms with E-state index in [1.165, 1.54) is 0 Å². The lowest BCUT2D eigenvalue weighted by molar-refractivity contribution is 0.338. The Balaban J connectivity index is 2.38. The Morgan fingerprint density at radius 1 is 1.25 bits per heavy atom. The van der Waals surface area contributed by atoms with Gasteiger partial charge in [-0.3, -0.25) is 15.8 Å². The average molecular weight is 272 g/mol. The molecule has 20 heavy (non-hydrogen) atoms. The number of ether oxygens (including phenoxy) is 1. The molecule has 2 aromatic rings. The molecule has 0 saturated carbocycles. The van der Waals surface area contributed by atoms with Gasteiger partial charge in [-0.2, -0.15) is 0 Å². The van der Waals surface area contributed by atoms with Crippen LogP contribution in [0.2, 0.25) is 0 Å². The van der Waals surface area contributed by atoms with Gasteiger partial charge in [0.2, 0.25) is 0 Å². The van der Waals surface area contributed by atoms with Crippen molar-refractivity contribution in [2.75, 3.05) is 6.61 Å². The zero-order valence-corrected chi connectivity index (χ0v) is 12.1. The largest absolute Gasteiger partial charge is 0.492 e. The van der Waals surface area contributed by atoms with E-state index >= 15 is 0 Å². The number of nitrogens with zero attached hydrogens (tertiary/aromatic N) is 2. The van der Waals surface area contributed by atoms with Crippen LogP contribution in [-0.2, 0) is 0 Å². The van der Waals surface area contributed by atoms with E-state index in [2.05, 4.69) is 21.5 Å². The van der Waals surface area contributed by atoms with E-state index in [1.54, 1.807) is 12.4 Å². The molecule has 1 atom stereocenters. The van der Waals surface area contributed by atoms with Crippen molar-refractivity contribution in [3.05, 3.63) is 53.1 Å². The topological polar surface area (TPSA) is 73.1 Å². The van der Waals surface area contributed by atoms with Crippen LogP contribution in [0, 0.1) is 13.8 Å². The van der Waals surface area contributed by atoms with Crippen molar-refractivity contribution >= 4 is 0 Å². The van der Waals surface area contributed by atoms with E-state index in [0.717, 1.165) is 28.1 Å². The van der Waals surface area contributed by atoms with Gasteiger partial charge >= 0.3 is 0 Å². The number of hydrazine groups is 1. The molecule has 2 rings (SSSR count). The zero-order valence-electron chi connectivity index (χ0n) is 12.1. The van der Waals surface area contributed by atoms with E-state index < -0.39 is 0 Å². The second kappa shape index (κ2) is 6.45. The fourth-order valence-electron chi connectivity index (χ4n) is 2.20. The molecule has 0 spiro atoms. The second-order valence-electron chi connectivity index (χ2n) is 4.70. The predicted molar refractivity (Wildman–Crippen MR) is 78.3 cm³/mol. The van der Waals surface area contributed by atoms with E-state index in [1.807, 2.05) is 33.0 Å². The number of hydrogen-bond acceptors (Lipinski definition) is 5. The van der Waals surface area contributed by atoms with Gasteiger partial charge in [0.25, 0.3) is 0 Å². The lowest BCUT2D eigenvalue weighted by atomic mass is 10.0. The number of rotatable bonds is 5. The summed E-state index contributed by atoms with van der Waals surface area (Å²) < 4.78 is 5.47. The Labute approximate surface area is 119 Å². The van der Waals surface area contributed by atoms with E-state index in [-0.39, 0.29) is 6.04 Å². The highest BCUT2D eigenvalue weighted by Crippen LogP contribution is 2.24. The summed E-state index contributed by atoms with van der Waals surface area (Å²) in [6.45, 7) is 6.59. The number of pyridine rings is 2. The van der Waals surface area contributed by atoms with Crippen LogP contribution in [0.4, 0.5) is 0 Å². The molecule has 0 saturated heterocycles. The van der Waals surface area contributed by atoms with Gasteiger partial charge < -0.3 is 4.74 Å². The zero-order chi connectivity index (χ0) is 14.5. The van der Waals surface area contributed by atoms with Crippen LogP contribution in [0.25, 0.3) is 0 Å². The summed E-state index contributed by atoms with van der Waals surface area (Å²) in [6.07, 6.45) is 5.30. The van der Waals surface area contributed by atoms with E-state index in [0.29, 0.717) is 6.61 Å². The van der Waals surface area contributed by atoms with Crippen molar-refractivity contribution in [1.29, 1.82) is 0 Å². The molecule has 0 bridgehead atoms. The Morgan fingerprint density at radius 3 is 2.70 bits per heavy atom. The minimum atomic E-state index is -0.205. The molecule has 0 radical (unpaired) electrons. The maximum atomic E-state index is 5.71. The summed E-state index contributed by atoms with van der Waals surface area (Å²) in [7, 11) is 0. The molecule has 0 fully saturated rings. The molecule has 2 heterocycles. The first-order valence-corrected chi connectivity index (χ1v) is 6.62. The molecule has 3 N–H and O–H groups in total. The highest BCUT2D eigenvalue weighted by Gasteiger charge is 2.17. The molecule has 5 heteroatoms. The predicted octanol–water partition coefficient (Wildman–Crippen LogP) is 2.04. The quantitative estimate of drug-likeness (QED) is 0.643. The van der Waals surface area contributed by atoms with Crippen molar-refractivity contribution in [3.8, 4) is 5.75 Å². The SMILES string of the molecule is CCOc1cncc(C(NN)c2ncc(C)cc2C)c1. The molecule has 1 unspecified atom stereocenters. The Hall–Kier alpha value is -1.98. The minimum absolute atomic E-state index is 0.205. The molecule has 106 valence electrons. The summed E-state index contributed by atoms with van der Waals surface area (Å²) >= 11 is 0. The molecule has 0 amide bonds. The number of aryl methyl sites for hydroxylation is 2. The number of nitrogens with one attached hydrogen (secondary N) is 1. The third kappa shape index (κ3) is 3.12. The van der Waals surface area contributed by atoms with Gasteiger partial charge in [-0.15, -0.1) is 0 Å². The van der Waals surface area contributed by atoms with Crippen molar-refractivity contribution in [3.63, 3.8) is 0 Å². The number of nitrogens with two attached hydrogens (primary N) is 1. The molecule has 0 aliphatic heterocycles. The number of aromatic nitrogens is 2. The lowest BCUT2D eigenvalue weighted by Crippen LogP contribution is -2.30. The summed E-state index contributed by atoms with van der Waals surface area (Å²) in [5, 5.41) is 0. The third-order valence-electron chi connectivity index (χ3n) is 3.07. The summed E-state index contributed by atoms with van der Waals surface area (Å²) in [5.74, 6) is 6.44. The van der Waals surface area contributed by atoms with Crippen molar-refractivity contribution in [2.24, 2.45) is 5.84 Å². The van der Waals surface area contributed by atoms with Gasteiger partial charge in [-0.25, -0.2) is 5.43 Å². The van der Waals surface area contributed by atoms with Crippen LogP contribution in [0.15, 0.2) is 30.7 Å². The van der Waals surface area contributed by atoms with Crippen LogP contribution < -0.4 is 16.0 Å². The van der Waals surface area contributed by atoms with Crippen LogP contribution in [0.3, 0.4) is 0 Å². The fraction of sp³-hybridized carbons (Fsp3) is 0.333. The normalized spacial score (nSPS) is 12.2. The fourth-order valence-corrected chi connectivity index (χ4v) is 2.20. The molecule has 0 aromatic carbocycles. The molecular formula is C15H20N4O. The highest BCUT2D eigenvalue weighted by atomic mass is 16.5.